The zero-order valence-corrected chi connectivity index (χ0v) is 24.2. The number of ether oxygens (including phenoxy) is 3. The Bertz CT molecular complexity index is 1310. The van der Waals surface area contributed by atoms with Crippen LogP contribution in [0.1, 0.15) is 24.0 Å². The Hall–Kier alpha value is -4.86. The Morgan fingerprint density at radius 2 is 1.52 bits per heavy atom. The largest absolute Gasteiger partial charge is 0.497 e. The molecule has 0 saturated carbocycles. The number of nitrogens with two attached hydrogens (primary N) is 1. The first-order valence-electron chi connectivity index (χ1n) is 13.1. The van der Waals surface area contributed by atoms with Crippen molar-refractivity contribution >= 4 is 29.6 Å². The van der Waals surface area contributed by atoms with E-state index in [-0.39, 0.29) is 12.8 Å². The normalized spacial score (nSPS) is 13.0. The molecule has 0 aliphatic heterocycles. The van der Waals surface area contributed by atoms with Gasteiger partial charge < -0.3 is 30.6 Å². The summed E-state index contributed by atoms with van der Waals surface area (Å²) >= 11 is 0. The maximum atomic E-state index is 13.8. The van der Waals surface area contributed by atoms with E-state index in [9.17, 15) is 37.1 Å². The number of rotatable bonds is 16. The van der Waals surface area contributed by atoms with Crippen molar-refractivity contribution < 1.29 is 51.4 Å². The molecule has 0 aromatic heterocycles. The van der Waals surface area contributed by atoms with E-state index in [1.807, 2.05) is 0 Å². The van der Waals surface area contributed by atoms with Gasteiger partial charge in [0.05, 0.1) is 40.6 Å². The number of hydrogen-bond donors (Lipinski definition) is 5. The van der Waals surface area contributed by atoms with Crippen molar-refractivity contribution in [3.63, 3.8) is 0 Å². The molecule has 6 N–H and O–H groups in total. The van der Waals surface area contributed by atoms with Gasteiger partial charge in [-0.1, -0.05) is 30.3 Å². The van der Waals surface area contributed by atoms with Crippen LogP contribution in [0, 0.1) is 0 Å². The van der Waals surface area contributed by atoms with E-state index in [1.54, 1.807) is 53.3 Å². The summed E-state index contributed by atoms with van der Waals surface area (Å²) in [6.45, 7) is 0. The van der Waals surface area contributed by atoms with Crippen LogP contribution >= 0.6 is 0 Å². The van der Waals surface area contributed by atoms with E-state index in [4.69, 9.17) is 15.2 Å². The first-order chi connectivity index (χ1) is 20.8. The Labute approximate surface area is 250 Å². The lowest BCUT2D eigenvalue weighted by atomic mass is 10.1. The molecule has 0 bridgehead atoms. The van der Waals surface area contributed by atoms with Crippen molar-refractivity contribution in [1.82, 2.24) is 21.5 Å². The Morgan fingerprint density at radius 1 is 0.864 bits per heavy atom. The van der Waals surface area contributed by atoms with E-state index >= 15 is 0 Å². The monoisotopic (exact) mass is 625 g/mol. The summed E-state index contributed by atoms with van der Waals surface area (Å²) in [6, 6.07) is 7.48. The molecule has 0 spiro atoms. The van der Waals surface area contributed by atoms with Gasteiger partial charge in [-0.25, -0.2) is 10.2 Å². The molecule has 16 heteroatoms. The third-order valence-corrected chi connectivity index (χ3v) is 6.15. The van der Waals surface area contributed by atoms with Gasteiger partial charge in [0, 0.05) is 12.0 Å². The fourth-order valence-electron chi connectivity index (χ4n) is 3.97. The number of benzene rings is 2. The van der Waals surface area contributed by atoms with Gasteiger partial charge in [0.2, 0.25) is 17.7 Å². The van der Waals surface area contributed by atoms with Crippen LogP contribution in [0.25, 0.3) is 0 Å². The van der Waals surface area contributed by atoms with Crippen molar-refractivity contribution in [2.24, 2.45) is 5.73 Å². The lowest BCUT2D eigenvalue weighted by molar-refractivity contribution is -0.166. The summed E-state index contributed by atoms with van der Waals surface area (Å²) in [6.07, 6.45) is -7.42. The summed E-state index contributed by atoms with van der Waals surface area (Å²) in [7, 11) is 3.84. The number of esters is 1. The second-order valence-electron chi connectivity index (χ2n) is 9.41. The van der Waals surface area contributed by atoms with Gasteiger partial charge in [0.25, 0.3) is 5.91 Å². The molecule has 0 aliphatic carbocycles. The molecule has 0 heterocycles. The summed E-state index contributed by atoms with van der Waals surface area (Å²) in [5, 5.41) is 4.48. The lowest BCUT2D eigenvalue weighted by Gasteiger charge is -2.24. The molecule has 0 fully saturated rings. The lowest BCUT2D eigenvalue weighted by Crippen LogP contribution is -2.58. The number of halogens is 3. The fraction of sp³-hybridized carbons (Fsp3) is 0.393. The second-order valence-corrected chi connectivity index (χ2v) is 9.41. The highest BCUT2D eigenvalue weighted by Crippen LogP contribution is 2.25. The number of carbonyl (C=O) groups is 5. The number of hydrogen-bond acceptors (Lipinski definition) is 9. The molecule has 3 atom stereocenters. The van der Waals surface area contributed by atoms with E-state index in [1.165, 1.54) is 20.3 Å². The number of hydrazine groups is 1. The zero-order valence-electron chi connectivity index (χ0n) is 24.2. The highest BCUT2D eigenvalue weighted by Gasteiger charge is 2.42. The minimum atomic E-state index is -5.05. The highest BCUT2D eigenvalue weighted by molar-refractivity contribution is 5.92. The van der Waals surface area contributed by atoms with E-state index in [0.717, 1.165) is 7.11 Å². The van der Waals surface area contributed by atoms with Crippen LogP contribution in [-0.2, 0) is 41.6 Å². The van der Waals surface area contributed by atoms with E-state index in [0.29, 0.717) is 22.6 Å². The van der Waals surface area contributed by atoms with E-state index in [2.05, 4.69) is 15.4 Å². The predicted molar refractivity (Wildman–Crippen MR) is 149 cm³/mol. The van der Waals surface area contributed by atoms with Crippen LogP contribution in [0.15, 0.2) is 48.5 Å². The average molecular weight is 626 g/mol. The van der Waals surface area contributed by atoms with Crippen molar-refractivity contribution in [3.05, 3.63) is 59.7 Å². The molecule has 0 radical (unpaired) electrons. The Kier molecular flexibility index (Phi) is 13.4. The minimum Gasteiger partial charge on any atom is -0.497 e. The summed E-state index contributed by atoms with van der Waals surface area (Å²) in [5.74, 6) is -4.35. The first kappa shape index (κ1) is 35.3. The van der Waals surface area contributed by atoms with Crippen molar-refractivity contribution in [2.75, 3.05) is 21.3 Å². The molecule has 2 aromatic rings. The first-order valence-corrected chi connectivity index (χ1v) is 13.1. The van der Waals surface area contributed by atoms with Gasteiger partial charge in [-0.05, 0) is 23.8 Å². The Balaban J connectivity index is 2.09. The Morgan fingerprint density at radius 3 is 2.09 bits per heavy atom. The van der Waals surface area contributed by atoms with Crippen LogP contribution in [0.5, 0.6) is 11.5 Å². The third-order valence-electron chi connectivity index (χ3n) is 6.15. The molecule has 240 valence electrons. The molecule has 4 amide bonds. The smallest absolute Gasteiger partial charge is 0.406 e. The number of primary amides is 1. The number of amides is 4. The topological polar surface area (TPSA) is 187 Å². The maximum Gasteiger partial charge on any atom is 0.406 e. The molecule has 13 nitrogen and oxygen atoms in total. The van der Waals surface area contributed by atoms with E-state index < -0.39 is 66.7 Å². The highest BCUT2D eigenvalue weighted by atomic mass is 19.4. The SMILES string of the molecule is COC(=O)[C@H](Cc1ccccc1)NC(=O)CC(NNC(=O)[C@H](CC(N)=O)NC(=O)Cc1cc(OC)ccc1OC)C(F)(F)F. The van der Waals surface area contributed by atoms with Crippen LogP contribution in [0.3, 0.4) is 0 Å². The molecular weight excluding hydrogens is 591 g/mol. The van der Waals surface area contributed by atoms with Crippen LogP contribution in [-0.4, -0.2) is 75.2 Å². The summed E-state index contributed by atoms with van der Waals surface area (Å²) < 4.78 is 56.3. The van der Waals surface area contributed by atoms with Gasteiger partial charge in [0.1, 0.15) is 29.6 Å². The van der Waals surface area contributed by atoms with Gasteiger partial charge in [-0.2, -0.15) is 13.2 Å². The standard InChI is InChI=1S/C28H34F3N5O8/c1-42-18-9-10-21(43-2)17(12-18)13-24(38)33-19(14-23(32)37)26(40)36-35-22(28(29,30)31)15-25(39)34-20(27(41)44-3)11-16-7-5-4-6-8-16/h4-10,12,19-20,22,35H,11,13-15H2,1-3H3,(H2,32,37)(H,33,38)(H,34,39)(H,36,40)/t19-,20-,22?/m0/s1. The zero-order chi connectivity index (χ0) is 32.9. The minimum absolute atomic E-state index is 0.0454. The van der Waals surface area contributed by atoms with Gasteiger partial charge >= 0.3 is 12.1 Å². The van der Waals surface area contributed by atoms with Crippen molar-refractivity contribution in [1.29, 1.82) is 0 Å². The van der Waals surface area contributed by atoms with Gasteiger partial charge in [0.15, 0.2) is 0 Å². The average Bonchev–Trinajstić information content (AvgIpc) is 2.97. The summed E-state index contributed by atoms with van der Waals surface area (Å²) in [4.78, 5) is 61.7. The van der Waals surface area contributed by atoms with Crippen molar-refractivity contribution in [3.8, 4) is 11.5 Å². The molecule has 1 unspecified atom stereocenters. The molecule has 44 heavy (non-hydrogen) atoms. The number of carbonyl (C=O) groups excluding carboxylic acids is 5. The molecular formula is C28H34F3N5O8. The molecule has 0 aliphatic rings. The molecule has 2 aromatic carbocycles. The maximum absolute atomic E-state index is 13.8. The van der Waals surface area contributed by atoms with Crippen LogP contribution in [0.2, 0.25) is 0 Å². The fourth-order valence-corrected chi connectivity index (χ4v) is 3.97. The second kappa shape index (κ2) is 16.7. The van der Waals surface area contributed by atoms with Crippen molar-refractivity contribution in [2.45, 2.75) is 50.0 Å². The quantitative estimate of drug-likeness (QED) is 0.130. The molecule has 0 saturated heterocycles. The summed E-state index contributed by atoms with van der Waals surface area (Å²) in [5.41, 5.74) is 9.67. The number of nitrogens with one attached hydrogen (secondary N) is 4. The number of alkyl halides is 3. The van der Waals surface area contributed by atoms with Gasteiger partial charge in [-0.3, -0.25) is 24.6 Å². The third kappa shape index (κ3) is 11.4. The number of methoxy groups -OCH3 is 3. The predicted octanol–water partition coefficient (Wildman–Crippen LogP) is 0.449. The van der Waals surface area contributed by atoms with Crippen LogP contribution < -0.4 is 36.7 Å². The van der Waals surface area contributed by atoms with Crippen LogP contribution in [0.4, 0.5) is 13.2 Å². The molecule has 2 rings (SSSR count). The van der Waals surface area contributed by atoms with Gasteiger partial charge in [-0.15, -0.1) is 0 Å².